The van der Waals surface area contributed by atoms with Crippen molar-refractivity contribution in [1.29, 1.82) is 0 Å². The molecule has 3 nitrogen and oxygen atoms in total. The van der Waals surface area contributed by atoms with Crippen LogP contribution >= 0.6 is 0 Å². The third-order valence-electron chi connectivity index (χ3n) is 2.33. The van der Waals surface area contributed by atoms with Gasteiger partial charge in [-0.1, -0.05) is 20.8 Å². The Hall–Kier alpha value is -1.39. The van der Waals surface area contributed by atoms with Crippen LogP contribution in [0.4, 0.5) is 20.4 Å². The minimum Gasteiger partial charge on any atom is -0.368 e. The number of hydrogen-bond donors (Lipinski definition) is 1. The van der Waals surface area contributed by atoms with Crippen LogP contribution in [0.2, 0.25) is 0 Å². The molecule has 0 aromatic carbocycles. The first kappa shape index (κ1) is 14.7. The van der Waals surface area contributed by atoms with Crippen molar-refractivity contribution in [2.45, 2.75) is 27.7 Å². The van der Waals surface area contributed by atoms with Crippen LogP contribution in [0.15, 0.2) is 6.07 Å². The molecule has 0 unspecified atom stereocenters. The molecule has 0 aliphatic rings. The molecule has 0 aliphatic heterocycles. The Balaban J connectivity index is 3.04. The molecule has 0 radical (unpaired) electrons. The molecule has 0 saturated heterocycles. The van der Waals surface area contributed by atoms with Crippen LogP contribution in [0.25, 0.3) is 0 Å². The van der Waals surface area contributed by atoms with Crippen molar-refractivity contribution in [3.63, 3.8) is 0 Å². The molecule has 0 amide bonds. The van der Waals surface area contributed by atoms with Crippen molar-refractivity contribution < 1.29 is 8.78 Å². The first-order chi connectivity index (χ1) is 8.24. The SMILES string of the molecule is CCNc1nc(N(C)CC(C)(C)C)c(F)cc1F. The number of halogens is 2. The molecule has 1 rings (SSSR count). The second-order valence-corrected chi connectivity index (χ2v) is 5.57. The summed E-state index contributed by atoms with van der Waals surface area (Å²) >= 11 is 0. The second kappa shape index (κ2) is 5.50. The zero-order valence-corrected chi connectivity index (χ0v) is 11.6. The van der Waals surface area contributed by atoms with E-state index >= 15 is 0 Å². The van der Waals surface area contributed by atoms with E-state index in [1.165, 1.54) is 0 Å². The van der Waals surface area contributed by atoms with Gasteiger partial charge in [0.05, 0.1) is 0 Å². The number of anilines is 2. The molecule has 0 bridgehead atoms. The maximum Gasteiger partial charge on any atom is 0.168 e. The van der Waals surface area contributed by atoms with Gasteiger partial charge < -0.3 is 10.2 Å². The summed E-state index contributed by atoms with van der Waals surface area (Å²) < 4.78 is 27.2. The Morgan fingerprint density at radius 3 is 2.39 bits per heavy atom. The molecule has 1 heterocycles. The zero-order chi connectivity index (χ0) is 13.9. The highest BCUT2D eigenvalue weighted by atomic mass is 19.1. The fourth-order valence-electron chi connectivity index (χ4n) is 1.80. The van der Waals surface area contributed by atoms with Gasteiger partial charge in [-0.05, 0) is 12.3 Å². The van der Waals surface area contributed by atoms with Crippen LogP contribution in [0.1, 0.15) is 27.7 Å². The van der Waals surface area contributed by atoms with E-state index in [-0.39, 0.29) is 17.1 Å². The Kier molecular flexibility index (Phi) is 4.48. The second-order valence-electron chi connectivity index (χ2n) is 5.57. The van der Waals surface area contributed by atoms with E-state index in [1.54, 1.807) is 11.9 Å². The van der Waals surface area contributed by atoms with Gasteiger partial charge in [0.15, 0.2) is 23.3 Å². The molecule has 0 atom stereocenters. The molecule has 102 valence electrons. The number of hydrogen-bond acceptors (Lipinski definition) is 3. The lowest BCUT2D eigenvalue weighted by molar-refractivity contribution is 0.415. The van der Waals surface area contributed by atoms with E-state index in [0.717, 1.165) is 6.07 Å². The maximum absolute atomic E-state index is 13.7. The summed E-state index contributed by atoms with van der Waals surface area (Å²) in [5, 5.41) is 2.78. The van der Waals surface area contributed by atoms with Crippen molar-refractivity contribution in [2.75, 3.05) is 30.4 Å². The molecule has 1 N–H and O–H groups in total. The average molecular weight is 257 g/mol. The van der Waals surface area contributed by atoms with Crippen molar-refractivity contribution in [1.82, 2.24) is 4.98 Å². The normalized spacial score (nSPS) is 11.5. The monoisotopic (exact) mass is 257 g/mol. The van der Waals surface area contributed by atoms with Gasteiger partial charge in [0, 0.05) is 26.2 Å². The van der Waals surface area contributed by atoms with Crippen LogP contribution < -0.4 is 10.2 Å². The van der Waals surface area contributed by atoms with Crippen LogP contribution in [0.5, 0.6) is 0 Å². The summed E-state index contributed by atoms with van der Waals surface area (Å²) in [5.74, 6) is -1.04. The summed E-state index contributed by atoms with van der Waals surface area (Å²) in [4.78, 5) is 5.71. The van der Waals surface area contributed by atoms with E-state index in [2.05, 4.69) is 31.1 Å². The highest BCUT2D eigenvalue weighted by molar-refractivity contribution is 5.49. The highest BCUT2D eigenvalue weighted by Gasteiger charge is 2.19. The lowest BCUT2D eigenvalue weighted by atomic mass is 9.96. The Labute approximate surface area is 107 Å². The smallest absolute Gasteiger partial charge is 0.168 e. The molecule has 0 saturated carbocycles. The van der Waals surface area contributed by atoms with Gasteiger partial charge in [-0.15, -0.1) is 0 Å². The first-order valence-electron chi connectivity index (χ1n) is 6.05. The Bertz CT molecular complexity index is 413. The summed E-state index contributed by atoms with van der Waals surface area (Å²) in [5.41, 5.74) is 0.00953. The predicted molar refractivity (Wildman–Crippen MR) is 71.0 cm³/mol. The van der Waals surface area contributed by atoms with Crippen LogP contribution in [-0.4, -0.2) is 25.1 Å². The number of rotatable bonds is 4. The third-order valence-corrected chi connectivity index (χ3v) is 2.33. The molecular weight excluding hydrogens is 236 g/mol. The fourth-order valence-corrected chi connectivity index (χ4v) is 1.80. The molecule has 1 aromatic heterocycles. The minimum absolute atomic E-state index is 0.00953. The highest BCUT2D eigenvalue weighted by Crippen LogP contribution is 2.24. The standard InChI is InChI=1S/C13H21F2N3/c1-6-16-11-9(14)7-10(15)12(17-11)18(5)8-13(2,3)4/h7H,6,8H2,1-5H3,(H,16,17). The predicted octanol–water partition coefficient (Wildman–Crippen LogP) is 3.27. The van der Waals surface area contributed by atoms with E-state index < -0.39 is 11.6 Å². The molecule has 18 heavy (non-hydrogen) atoms. The molecule has 0 spiro atoms. The number of nitrogens with one attached hydrogen (secondary N) is 1. The van der Waals surface area contributed by atoms with Crippen LogP contribution in [0, 0.1) is 17.0 Å². The fraction of sp³-hybridized carbons (Fsp3) is 0.615. The lowest BCUT2D eigenvalue weighted by Gasteiger charge is -2.28. The van der Waals surface area contributed by atoms with E-state index in [9.17, 15) is 8.78 Å². The Morgan fingerprint density at radius 2 is 1.89 bits per heavy atom. The molecule has 0 fully saturated rings. The van der Waals surface area contributed by atoms with Crippen molar-refractivity contribution in [3.8, 4) is 0 Å². The molecule has 0 aliphatic carbocycles. The molecule has 1 aromatic rings. The topological polar surface area (TPSA) is 28.2 Å². The minimum atomic E-state index is -0.665. The summed E-state index contributed by atoms with van der Waals surface area (Å²) in [6, 6.07) is 0.874. The van der Waals surface area contributed by atoms with Gasteiger partial charge >= 0.3 is 0 Å². The number of aromatic nitrogens is 1. The summed E-state index contributed by atoms with van der Waals surface area (Å²) in [6.45, 7) is 9.16. The zero-order valence-electron chi connectivity index (χ0n) is 11.6. The summed E-state index contributed by atoms with van der Waals surface area (Å²) in [7, 11) is 1.75. The van der Waals surface area contributed by atoms with Gasteiger partial charge in [0.1, 0.15) is 0 Å². The van der Waals surface area contributed by atoms with Crippen molar-refractivity contribution in [2.24, 2.45) is 5.41 Å². The van der Waals surface area contributed by atoms with Gasteiger partial charge in [0.2, 0.25) is 0 Å². The maximum atomic E-state index is 13.7. The quantitative estimate of drug-likeness (QED) is 0.897. The average Bonchev–Trinajstić information content (AvgIpc) is 2.19. The summed E-state index contributed by atoms with van der Waals surface area (Å²) in [6.07, 6.45) is 0. The third kappa shape index (κ3) is 3.82. The van der Waals surface area contributed by atoms with Crippen molar-refractivity contribution in [3.05, 3.63) is 17.7 Å². The molecular formula is C13H21F2N3. The van der Waals surface area contributed by atoms with Crippen molar-refractivity contribution >= 4 is 11.6 Å². The van der Waals surface area contributed by atoms with Crippen LogP contribution in [0.3, 0.4) is 0 Å². The molecule has 5 heteroatoms. The van der Waals surface area contributed by atoms with E-state index in [0.29, 0.717) is 13.1 Å². The van der Waals surface area contributed by atoms with E-state index in [1.807, 2.05) is 6.92 Å². The Morgan fingerprint density at radius 1 is 1.28 bits per heavy atom. The number of nitrogens with zero attached hydrogens (tertiary/aromatic N) is 2. The number of pyridine rings is 1. The van der Waals surface area contributed by atoms with Gasteiger partial charge in [0.25, 0.3) is 0 Å². The first-order valence-corrected chi connectivity index (χ1v) is 6.05. The van der Waals surface area contributed by atoms with Gasteiger partial charge in [-0.25, -0.2) is 13.8 Å². The van der Waals surface area contributed by atoms with Crippen LogP contribution in [-0.2, 0) is 0 Å². The van der Waals surface area contributed by atoms with Gasteiger partial charge in [-0.2, -0.15) is 0 Å². The lowest BCUT2D eigenvalue weighted by Crippen LogP contribution is -2.30. The van der Waals surface area contributed by atoms with Gasteiger partial charge in [-0.3, -0.25) is 0 Å². The largest absolute Gasteiger partial charge is 0.368 e. The van der Waals surface area contributed by atoms with E-state index in [4.69, 9.17) is 0 Å².